The van der Waals surface area contributed by atoms with Gasteiger partial charge in [0.05, 0.1) is 19.1 Å². The minimum absolute atomic E-state index is 0.0888. The number of ether oxygens (including phenoxy) is 2. The molecule has 0 saturated heterocycles. The van der Waals surface area contributed by atoms with E-state index in [1.54, 1.807) is 26.4 Å². The van der Waals surface area contributed by atoms with Crippen molar-refractivity contribution >= 4 is 23.3 Å². The van der Waals surface area contributed by atoms with Crippen LogP contribution in [-0.4, -0.2) is 41.3 Å². The van der Waals surface area contributed by atoms with E-state index in [0.717, 1.165) is 33.9 Å². The molecular formula is C19H22N2O8. The minimum Gasteiger partial charge on any atom is -0.496 e. The van der Waals surface area contributed by atoms with Gasteiger partial charge in [-0.05, 0) is 37.6 Å². The van der Waals surface area contributed by atoms with Crippen LogP contribution in [0.1, 0.15) is 16.7 Å². The van der Waals surface area contributed by atoms with Gasteiger partial charge in [-0.25, -0.2) is 9.59 Å². The highest BCUT2D eigenvalue weighted by molar-refractivity contribution is 6.27. The van der Waals surface area contributed by atoms with Gasteiger partial charge in [-0.1, -0.05) is 0 Å². The second-order valence-corrected chi connectivity index (χ2v) is 5.81. The molecule has 29 heavy (non-hydrogen) atoms. The zero-order chi connectivity index (χ0) is 22.1. The van der Waals surface area contributed by atoms with Gasteiger partial charge in [-0.15, -0.1) is 0 Å². The molecule has 0 aromatic heterocycles. The first-order valence-corrected chi connectivity index (χ1v) is 8.27. The summed E-state index contributed by atoms with van der Waals surface area (Å²) >= 11 is 0. The molecule has 3 N–H and O–H groups in total. The number of nitro benzene ring substituents is 1. The Morgan fingerprint density at radius 2 is 1.69 bits per heavy atom. The van der Waals surface area contributed by atoms with Gasteiger partial charge in [-0.3, -0.25) is 10.1 Å². The Morgan fingerprint density at radius 1 is 1.07 bits per heavy atom. The first kappa shape index (κ1) is 23.2. The fourth-order valence-corrected chi connectivity index (χ4v) is 2.52. The molecule has 10 nitrogen and oxygen atoms in total. The molecule has 0 atom stereocenters. The SMILES string of the molecule is COc1ccc(CNc2ccc([N+](=O)[O-])cc2C)c(OC)c1C.O=C(O)C(=O)O. The van der Waals surface area contributed by atoms with Crippen molar-refractivity contribution in [3.8, 4) is 11.5 Å². The largest absolute Gasteiger partial charge is 0.496 e. The van der Waals surface area contributed by atoms with Crippen LogP contribution in [0, 0.1) is 24.0 Å². The summed E-state index contributed by atoms with van der Waals surface area (Å²) in [5.74, 6) is -2.10. The summed E-state index contributed by atoms with van der Waals surface area (Å²) in [7, 11) is 3.25. The molecule has 0 heterocycles. The van der Waals surface area contributed by atoms with Crippen molar-refractivity contribution in [2.45, 2.75) is 20.4 Å². The number of hydrogen-bond donors (Lipinski definition) is 3. The smallest absolute Gasteiger partial charge is 0.414 e. The quantitative estimate of drug-likeness (QED) is 0.374. The number of carbonyl (C=O) groups is 2. The molecule has 10 heteroatoms. The molecule has 0 unspecified atom stereocenters. The maximum Gasteiger partial charge on any atom is 0.414 e. The lowest BCUT2D eigenvalue weighted by Gasteiger charge is -2.16. The highest BCUT2D eigenvalue weighted by Crippen LogP contribution is 2.32. The van der Waals surface area contributed by atoms with Gasteiger partial charge in [0.2, 0.25) is 0 Å². The lowest BCUT2D eigenvalue weighted by atomic mass is 10.1. The summed E-state index contributed by atoms with van der Waals surface area (Å²) in [6, 6.07) is 8.61. The van der Waals surface area contributed by atoms with Crippen LogP contribution in [0.25, 0.3) is 0 Å². The Labute approximate surface area is 166 Å². The van der Waals surface area contributed by atoms with Crippen molar-refractivity contribution < 1.29 is 34.2 Å². The van der Waals surface area contributed by atoms with E-state index in [4.69, 9.17) is 29.3 Å². The van der Waals surface area contributed by atoms with E-state index in [9.17, 15) is 10.1 Å². The van der Waals surface area contributed by atoms with Gasteiger partial charge in [0.25, 0.3) is 5.69 Å². The van der Waals surface area contributed by atoms with Gasteiger partial charge in [0.1, 0.15) is 11.5 Å². The monoisotopic (exact) mass is 406 g/mol. The lowest BCUT2D eigenvalue weighted by Crippen LogP contribution is -2.09. The zero-order valence-electron chi connectivity index (χ0n) is 16.4. The van der Waals surface area contributed by atoms with E-state index in [-0.39, 0.29) is 5.69 Å². The van der Waals surface area contributed by atoms with Crippen LogP contribution in [-0.2, 0) is 16.1 Å². The van der Waals surface area contributed by atoms with Crippen molar-refractivity contribution in [1.29, 1.82) is 0 Å². The molecule has 0 aliphatic heterocycles. The molecular weight excluding hydrogens is 384 g/mol. The molecule has 0 amide bonds. The number of hydrogen-bond acceptors (Lipinski definition) is 7. The zero-order valence-corrected chi connectivity index (χ0v) is 16.4. The van der Waals surface area contributed by atoms with Crippen molar-refractivity contribution in [2.24, 2.45) is 0 Å². The molecule has 2 aromatic rings. The Hall–Kier alpha value is -3.82. The normalized spacial score (nSPS) is 9.66. The average Bonchev–Trinajstić information content (AvgIpc) is 2.67. The summed E-state index contributed by atoms with van der Waals surface area (Å²) in [6.45, 7) is 4.33. The molecule has 0 bridgehead atoms. The number of methoxy groups -OCH3 is 2. The molecule has 2 rings (SSSR count). The molecule has 0 fully saturated rings. The van der Waals surface area contributed by atoms with Crippen molar-refractivity contribution in [3.05, 3.63) is 57.1 Å². The number of nitrogens with one attached hydrogen (secondary N) is 1. The van der Waals surface area contributed by atoms with Gasteiger partial charge in [-0.2, -0.15) is 0 Å². The molecule has 156 valence electrons. The highest BCUT2D eigenvalue weighted by Gasteiger charge is 2.12. The average molecular weight is 406 g/mol. The Bertz CT molecular complexity index is 899. The Kier molecular flexibility index (Phi) is 8.41. The second kappa shape index (κ2) is 10.5. The number of carboxylic acids is 2. The van der Waals surface area contributed by atoms with Crippen molar-refractivity contribution in [3.63, 3.8) is 0 Å². The van der Waals surface area contributed by atoms with E-state index in [2.05, 4.69) is 5.32 Å². The predicted molar refractivity (Wildman–Crippen MR) is 105 cm³/mol. The Morgan fingerprint density at radius 3 is 2.14 bits per heavy atom. The van der Waals surface area contributed by atoms with E-state index in [0.29, 0.717) is 6.54 Å². The van der Waals surface area contributed by atoms with Crippen LogP contribution >= 0.6 is 0 Å². The second-order valence-electron chi connectivity index (χ2n) is 5.81. The maximum atomic E-state index is 10.8. The number of aliphatic carboxylic acids is 2. The first-order valence-electron chi connectivity index (χ1n) is 8.27. The number of nitro groups is 1. The van der Waals surface area contributed by atoms with Crippen molar-refractivity contribution in [1.82, 2.24) is 0 Å². The Balaban J connectivity index is 0.000000612. The van der Waals surface area contributed by atoms with E-state index >= 15 is 0 Å². The van der Waals surface area contributed by atoms with E-state index in [1.165, 1.54) is 6.07 Å². The van der Waals surface area contributed by atoms with Crippen LogP contribution < -0.4 is 14.8 Å². The third kappa shape index (κ3) is 6.38. The van der Waals surface area contributed by atoms with Gasteiger partial charge in [0.15, 0.2) is 0 Å². The summed E-state index contributed by atoms with van der Waals surface area (Å²) < 4.78 is 10.8. The minimum atomic E-state index is -1.82. The standard InChI is InChI=1S/C17H20N2O4.C2H2O4/c1-11-9-14(19(20)21)6-7-15(11)18-10-13-5-8-16(22-3)12(2)17(13)23-4;3-1(4)2(5)6/h5-9,18H,10H2,1-4H3;(H,3,4)(H,5,6). The summed E-state index contributed by atoms with van der Waals surface area (Å²) in [5, 5.41) is 28.9. The number of benzene rings is 2. The molecule has 2 aromatic carbocycles. The molecule has 0 aliphatic rings. The third-order valence-corrected chi connectivity index (χ3v) is 3.93. The van der Waals surface area contributed by atoms with Gasteiger partial charge >= 0.3 is 11.9 Å². The number of non-ortho nitro benzene ring substituents is 1. The number of carboxylic acid groups (broad SMARTS) is 2. The lowest BCUT2D eigenvalue weighted by molar-refractivity contribution is -0.384. The summed E-state index contributed by atoms with van der Waals surface area (Å²) in [6.07, 6.45) is 0. The van der Waals surface area contributed by atoms with Crippen LogP contribution in [0.15, 0.2) is 30.3 Å². The molecule has 0 spiro atoms. The van der Waals surface area contributed by atoms with Crippen LogP contribution in [0.4, 0.5) is 11.4 Å². The fraction of sp³-hybridized carbons (Fsp3) is 0.263. The topological polar surface area (TPSA) is 148 Å². The molecule has 0 radical (unpaired) electrons. The number of anilines is 1. The third-order valence-electron chi connectivity index (χ3n) is 3.93. The van der Waals surface area contributed by atoms with Gasteiger partial charge < -0.3 is 25.0 Å². The van der Waals surface area contributed by atoms with E-state index in [1.807, 2.05) is 26.0 Å². The van der Waals surface area contributed by atoms with Crippen LogP contribution in [0.3, 0.4) is 0 Å². The van der Waals surface area contributed by atoms with Crippen molar-refractivity contribution in [2.75, 3.05) is 19.5 Å². The number of nitrogens with zero attached hydrogens (tertiary/aromatic N) is 1. The molecule has 0 saturated carbocycles. The predicted octanol–water partition coefficient (Wildman–Crippen LogP) is 3.00. The van der Waals surface area contributed by atoms with Gasteiger partial charge in [0, 0.05) is 35.5 Å². The summed E-state index contributed by atoms with van der Waals surface area (Å²) in [5.41, 5.74) is 3.69. The van der Waals surface area contributed by atoms with Crippen LogP contribution in [0.2, 0.25) is 0 Å². The highest BCUT2D eigenvalue weighted by atomic mass is 16.6. The number of rotatable bonds is 6. The molecule has 0 aliphatic carbocycles. The summed E-state index contributed by atoms with van der Waals surface area (Å²) in [4.78, 5) is 28.6. The van der Waals surface area contributed by atoms with E-state index < -0.39 is 16.9 Å². The fourth-order valence-electron chi connectivity index (χ4n) is 2.52. The number of aryl methyl sites for hydroxylation is 1. The van der Waals surface area contributed by atoms with Crippen LogP contribution in [0.5, 0.6) is 11.5 Å². The first-order chi connectivity index (χ1) is 13.6. The maximum absolute atomic E-state index is 10.8.